The van der Waals surface area contributed by atoms with Gasteiger partial charge >= 0.3 is 0 Å². The Kier molecular flexibility index (Phi) is 3.73. The molecule has 0 radical (unpaired) electrons. The van der Waals surface area contributed by atoms with Crippen LogP contribution in [0.5, 0.6) is 0 Å². The van der Waals surface area contributed by atoms with Gasteiger partial charge in [-0.1, -0.05) is 11.6 Å². The average Bonchev–Trinajstić information content (AvgIpc) is 2.90. The van der Waals surface area contributed by atoms with E-state index >= 15 is 0 Å². The molecule has 1 spiro atoms. The number of hydrogen-bond donors (Lipinski definition) is 1. The van der Waals surface area contributed by atoms with E-state index in [9.17, 15) is 0 Å². The maximum absolute atomic E-state index is 6.36. The van der Waals surface area contributed by atoms with Gasteiger partial charge in [0.1, 0.15) is 5.60 Å². The van der Waals surface area contributed by atoms with Crippen LogP contribution in [0.3, 0.4) is 0 Å². The van der Waals surface area contributed by atoms with E-state index < -0.39 is 0 Å². The molecular formula is C17H19ClN2OS. The van der Waals surface area contributed by atoms with Crippen LogP contribution in [0.2, 0.25) is 4.34 Å². The van der Waals surface area contributed by atoms with E-state index in [1.807, 2.05) is 12.4 Å². The first kappa shape index (κ1) is 14.6. The Morgan fingerprint density at radius 3 is 3.00 bits per heavy atom. The zero-order valence-corrected chi connectivity index (χ0v) is 14.1. The summed E-state index contributed by atoms with van der Waals surface area (Å²) < 4.78 is 7.24. The zero-order chi connectivity index (χ0) is 15.2. The van der Waals surface area contributed by atoms with Crippen molar-refractivity contribution in [3.8, 4) is 0 Å². The quantitative estimate of drug-likeness (QED) is 0.853. The molecule has 3 unspecified atom stereocenters. The number of thiophene rings is 1. The van der Waals surface area contributed by atoms with Crippen molar-refractivity contribution < 1.29 is 4.74 Å². The predicted molar refractivity (Wildman–Crippen MR) is 89.5 cm³/mol. The van der Waals surface area contributed by atoms with Gasteiger partial charge in [0.05, 0.1) is 10.9 Å². The fourth-order valence-electron chi connectivity index (χ4n) is 3.87. The van der Waals surface area contributed by atoms with Crippen molar-refractivity contribution in [1.82, 2.24) is 10.3 Å². The summed E-state index contributed by atoms with van der Waals surface area (Å²) in [6.07, 6.45) is 6.64. The smallest absolute Gasteiger partial charge is 0.106 e. The molecule has 1 N–H and O–H groups in total. The molecule has 0 bridgehead atoms. The molecule has 4 heterocycles. The molecule has 1 fully saturated rings. The Labute approximate surface area is 139 Å². The number of pyridine rings is 1. The van der Waals surface area contributed by atoms with Crippen molar-refractivity contribution in [3.63, 3.8) is 0 Å². The van der Waals surface area contributed by atoms with E-state index in [0.717, 1.165) is 30.2 Å². The van der Waals surface area contributed by atoms with Crippen LogP contribution in [-0.4, -0.2) is 17.6 Å². The van der Waals surface area contributed by atoms with Gasteiger partial charge < -0.3 is 10.1 Å². The van der Waals surface area contributed by atoms with Crippen molar-refractivity contribution in [3.05, 3.63) is 50.9 Å². The molecule has 22 heavy (non-hydrogen) atoms. The Morgan fingerprint density at radius 2 is 2.18 bits per heavy atom. The topological polar surface area (TPSA) is 34.2 Å². The molecule has 1 saturated heterocycles. The minimum atomic E-state index is -0.190. The minimum absolute atomic E-state index is 0.190. The third-order valence-corrected chi connectivity index (χ3v) is 6.20. The molecule has 0 amide bonds. The molecular weight excluding hydrogens is 316 g/mol. The Balaban J connectivity index is 1.73. The Hall–Kier alpha value is -0.940. The van der Waals surface area contributed by atoms with Gasteiger partial charge in [-0.05, 0) is 49.1 Å². The minimum Gasteiger partial charge on any atom is -0.369 e. The Bertz CT molecular complexity index is 675. The van der Waals surface area contributed by atoms with Crippen LogP contribution < -0.4 is 5.32 Å². The standard InChI is InChI=1S/C17H19ClN2OS/c1-11-9-17(10-14(20-11)12-2-5-19-6-3-12)16-13(4-7-21-17)8-15(18)22-16/h2-3,5-6,8,11,14,20H,4,7,9-10H2,1H3. The number of hydrogen-bond acceptors (Lipinski definition) is 4. The van der Waals surface area contributed by atoms with E-state index in [1.54, 1.807) is 11.3 Å². The molecule has 2 aliphatic heterocycles. The molecule has 0 saturated carbocycles. The maximum atomic E-state index is 6.36. The van der Waals surface area contributed by atoms with Gasteiger partial charge in [-0.15, -0.1) is 11.3 Å². The molecule has 2 aromatic rings. The van der Waals surface area contributed by atoms with Gasteiger partial charge in [-0.2, -0.15) is 0 Å². The molecule has 0 aliphatic carbocycles. The molecule has 3 atom stereocenters. The lowest BCUT2D eigenvalue weighted by Crippen LogP contribution is -2.49. The van der Waals surface area contributed by atoms with Gasteiger partial charge in [-0.25, -0.2) is 0 Å². The SMILES string of the molecule is CC1CC2(CC(c3ccncc3)N1)OCCc1cc(Cl)sc12. The highest BCUT2D eigenvalue weighted by atomic mass is 35.5. The fraction of sp³-hybridized carbons (Fsp3) is 0.471. The Morgan fingerprint density at radius 1 is 1.36 bits per heavy atom. The third kappa shape index (κ3) is 2.48. The van der Waals surface area contributed by atoms with Crippen LogP contribution >= 0.6 is 22.9 Å². The largest absolute Gasteiger partial charge is 0.369 e. The maximum Gasteiger partial charge on any atom is 0.106 e. The number of aromatic nitrogens is 1. The first-order valence-electron chi connectivity index (χ1n) is 7.75. The number of fused-ring (bicyclic) bond motifs is 2. The number of piperidine rings is 1. The van der Waals surface area contributed by atoms with Gasteiger partial charge in [0, 0.05) is 35.8 Å². The summed E-state index contributed by atoms with van der Waals surface area (Å²) in [5, 5.41) is 3.71. The van der Waals surface area contributed by atoms with Gasteiger partial charge in [0.15, 0.2) is 0 Å². The van der Waals surface area contributed by atoms with Crippen molar-refractivity contribution in [1.29, 1.82) is 0 Å². The van der Waals surface area contributed by atoms with Crippen LogP contribution in [0.1, 0.15) is 41.8 Å². The molecule has 2 aliphatic rings. The number of halogens is 1. The molecule has 3 nitrogen and oxygen atoms in total. The summed E-state index contributed by atoms with van der Waals surface area (Å²) >= 11 is 7.98. The van der Waals surface area contributed by atoms with E-state index in [-0.39, 0.29) is 5.60 Å². The van der Waals surface area contributed by atoms with E-state index in [4.69, 9.17) is 16.3 Å². The van der Waals surface area contributed by atoms with Crippen molar-refractivity contribution >= 4 is 22.9 Å². The summed E-state index contributed by atoms with van der Waals surface area (Å²) in [6.45, 7) is 3.03. The lowest BCUT2D eigenvalue weighted by atomic mass is 9.78. The number of rotatable bonds is 1. The molecule has 116 valence electrons. The third-order valence-electron chi connectivity index (χ3n) is 4.71. The predicted octanol–water partition coefficient (Wildman–Crippen LogP) is 4.08. The van der Waals surface area contributed by atoms with Crippen LogP contribution in [0.15, 0.2) is 30.6 Å². The molecule has 4 rings (SSSR count). The normalized spacial score (nSPS) is 31.2. The van der Waals surface area contributed by atoms with Crippen molar-refractivity contribution in [2.24, 2.45) is 0 Å². The van der Waals surface area contributed by atoms with Crippen molar-refractivity contribution in [2.75, 3.05) is 6.61 Å². The second-order valence-corrected chi connectivity index (χ2v) is 7.99. The first-order chi connectivity index (χ1) is 10.7. The molecule has 5 heteroatoms. The monoisotopic (exact) mass is 334 g/mol. The zero-order valence-electron chi connectivity index (χ0n) is 12.5. The van der Waals surface area contributed by atoms with E-state index in [1.165, 1.54) is 16.0 Å². The highest BCUT2D eigenvalue weighted by Crippen LogP contribution is 2.49. The second-order valence-electron chi connectivity index (χ2n) is 6.31. The summed E-state index contributed by atoms with van der Waals surface area (Å²) in [7, 11) is 0. The number of nitrogens with one attached hydrogen (secondary N) is 1. The number of nitrogens with zero attached hydrogens (tertiary/aromatic N) is 1. The summed E-state index contributed by atoms with van der Waals surface area (Å²) in [5.74, 6) is 0. The van der Waals surface area contributed by atoms with Gasteiger partial charge in [-0.3, -0.25) is 4.98 Å². The molecule has 0 aromatic carbocycles. The fourth-order valence-corrected chi connectivity index (χ4v) is 5.33. The summed E-state index contributed by atoms with van der Waals surface area (Å²) in [5.41, 5.74) is 2.47. The highest BCUT2D eigenvalue weighted by Gasteiger charge is 2.45. The van der Waals surface area contributed by atoms with Crippen molar-refractivity contribution in [2.45, 2.75) is 43.9 Å². The first-order valence-corrected chi connectivity index (χ1v) is 8.94. The lowest BCUT2D eigenvalue weighted by Gasteiger charge is -2.46. The van der Waals surface area contributed by atoms with Gasteiger partial charge in [0.2, 0.25) is 0 Å². The summed E-state index contributed by atoms with van der Waals surface area (Å²) in [4.78, 5) is 5.47. The second kappa shape index (κ2) is 5.60. The van der Waals surface area contributed by atoms with Crippen LogP contribution in [0.4, 0.5) is 0 Å². The van der Waals surface area contributed by atoms with E-state index in [2.05, 4.69) is 35.4 Å². The van der Waals surface area contributed by atoms with E-state index in [0.29, 0.717) is 12.1 Å². The van der Waals surface area contributed by atoms with Crippen LogP contribution in [0, 0.1) is 0 Å². The van der Waals surface area contributed by atoms with Crippen LogP contribution in [0.25, 0.3) is 0 Å². The summed E-state index contributed by atoms with van der Waals surface area (Å²) in [6, 6.07) is 7.00. The lowest BCUT2D eigenvalue weighted by molar-refractivity contribution is -0.0954. The highest BCUT2D eigenvalue weighted by molar-refractivity contribution is 7.16. The number of ether oxygens (including phenoxy) is 1. The van der Waals surface area contributed by atoms with Crippen LogP contribution in [-0.2, 0) is 16.8 Å². The molecule has 2 aromatic heterocycles. The average molecular weight is 335 g/mol. The van der Waals surface area contributed by atoms with Gasteiger partial charge in [0.25, 0.3) is 0 Å².